The maximum Gasteiger partial charge on any atom is 0.0855 e. The van der Waals surface area contributed by atoms with E-state index in [1.54, 1.807) is 0 Å². The third-order valence-corrected chi connectivity index (χ3v) is 11.2. The second-order valence-corrected chi connectivity index (χ2v) is 14.7. The molecule has 2 atom stereocenters. The van der Waals surface area contributed by atoms with Gasteiger partial charge in [-0.05, 0) is 108 Å². The van der Waals surface area contributed by atoms with Gasteiger partial charge in [-0.2, -0.15) is 0 Å². The van der Waals surface area contributed by atoms with Crippen molar-refractivity contribution >= 4 is 56.6 Å². The molecule has 0 saturated heterocycles. The smallest absolute Gasteiger partial charge is 0.0855 e. The molecule has 8 aromatic rings. The topological polar surface area (TPSA) is 13.0 Å². The second kappa shape index (κ2) is 15.5. The van der Waals surface area contributed by atoms with Crippen LogP contribution in [-0.2, 0) is 0 Å². The number of nitrogens with zero attached hydrogens (tertiary/aromatic N) is 4. The second-order valence-electron chi connectivity index (χ2n) is 14.7. The first-order chi connectivity index (χ1) is 28.8. The molecule has 4 heteroatoms. The summed E-state index contributed by atoms with van der Waals surface area (Å²) in [4.78, 5) is 9.60. The van der Waals surface area contributed by atoms with E-state index >= 15 is 0 Å². The van der Waals surface area contributed by atoms with Crippen molar-refractivity contribution in [3.63, 3.8) is 0 Å². The van der Waals surface area contributed by atoms with Crippen molar-refractivity contribution in [2.75, 3.05) is 19.6 Å². The highest BCUT2D eigenvalue weighted by Crippen LogP contribution is 2.49. The van der Waals surface area contributed by atoms with Gasteiger partial charge in [-0.3, -0.25) is 0 Å². The molecule has 2 heterocycles. The summed E-state index contributed by atoms with van der Waals surface area (Å²) in [6, 6.07) is 82.3. The Balaban J connectivity index is 1.06. The summed E-state index contributed by atoms with van der Waals surface area (Å²) in [5.74, 6) is 0. The molecule has 0 spiro atoms. The molecule has 0 saturated carbocycles. The van der Waals surface area contributed by atoms with Crippen LogP contribution in [0, 0.1) is 0 Å². The number of rotatable bonds is 10. The summed E-state index contributed by atoms with van der Waals surface area (Å²) in [7, 11) is 0. The number of hydrogen-bond donors (Lipinski definition) is 0. The quantitative estimate of drug-likeness (QED) is 0.138. The Bertz CT molecular complexity index is 2380. The van der Waals surface area contributed by atoms with E-state index in [-0.39, 0.29) is 12.1 Å². The zero-order valence-electron chi connectivity index (χ0n) is 32.0. The lowest BCUT2D eigenvalue weighted by atomic mass is 9.91. The molecule has 278 valence electrons. The molecule has 0 aliphatic carbocycles. The van der Waals surface area contributed by atoms with Crippen molar-refractivity contribution in [3.05, 3.63) is 254 Å². The van der Waals surface area contributed by atoms with Gasteiger partial charge in [0.2, 0.25) is 0 Å². The van der Waals surface area contributed by atoms with Crippen LogP contribution in [-0.4, -0.2) is 12.1 Å². The average molecular weight is 747 g/mol. The zero-order chi connectivity index (χ0) is 38.7. The van der Waals surface area contributed by atoms with Gasteiger partial charge < -0.3 is 19.6 Å². The van der Waals surface area contributed by atoms with E-state index in [0.717, 1.165) is 34.1 Å². The Morgan fingerprint density at radius 3 is 0.776 bits per heavy atom. The molecule has 0 fully saturated rings. The van der Waals surface area contributed by atoms with E-state index in [0.29, 0.717) is 0 Å². The number of fused-ring (bicyclic) bond motifs is 1. The molecule has 0 bridgehead atoms. The van der Waals surface area contributed by atoms with E-state index in [1.807, 2.05) is 0 Å². The summed E-state index contributed by atoms with van der Waals surface area (Å²) in [6.45, 7) is 0. The summed E-state index contributed by atoms with van der Waals surface area (Å²) in [6.07, 6.45) is 4.77. The van der Waals surface area contributed by atoms with Crippen LogP contribution in [0.25, 0.3) is 11.1 Å². The van der Waals surface area contributed by atoms with E-state index in [2.05, 4.69) is 263 Å². The molecule has 58 heavy (non-hydrogen) atoms. The molecule has 8 aromatic carbocycles. The standard InChI is InChI=1S/C54H42N4/c1-7-19-43(20-8-1)55-39-51(41-31-35-49(36-32-41)57(45-23-11-3-12-24-45)46-25-13-4-14-26-46)54-53(55)52(40-56(54)44-21-9-2-10-22-44)42-33-37-50(38-34-42)58(47-27-15-5-16-28-47)48-29-17-6-18-30-48/h1-40,53-54H. The largest absolute Gasteiger partial charge is 0.338 e. The van der Waals surface area contributed by atoms with Gasteiger partial charge in [0, 0.05) is 69.0 Å². The van der Waals surface area contributed by atoms with Gasteiger partial charge in [-0.15, -0.1) is 0 Å². The average Bonchev–Trinajstić information content (AvgIpc) is 3.89. The van der Waals surface area contributed by atoms with E-state index < -0.39 is 0 Å². The summed E-state index contributed by atoms with van der Waals surface area (Å²) in [5.41, 5.74) is 14.0. The lowest BCUT2D eigenvalue weighted by Gasteiger charge is -2.32. The van der Waals surface area contributed by atoms with Gasteiger partial charge in [0.05, 0.1) is 12.1 Å². The Kier molecular flexibility index (Phi) is 9.34. The van der Waals surface area contributed by atoms with Crippen LogP contribution < -0.4 is 19.6 Å². The van der Waals surface area contributed by atoms with Gasteiger partial charge >= 0.3 is 0 Å². The van der Waals surface area contributed by atoms with E-state index in [4.69, 9.17) is 0 Å². The molecule has 2 unspecified atom stereocenters. The predicted molar refractivity (Wildman–Crippen MR) is 244 cm³/mol. The van der Waals surface area contributed by atoms with Gasteiger partial charge in [-0.1, -0.05) is 133 Å². The molecule has 2 aliphatic heterocycles. The van der Waals surface area contributed by atoms with Crippen LogP contribution in [0.15, 0.2) is 243 Å². The van der Waals surface area contributed by atoms with Gasteiger partial charge in [0.15, 0.2) is 0 Å². The van der Waals surface area contributed by atoms with Crippen LogP contribution in [0.2, 0.25) is 0 Å². The number of benzene rings is 8. The van der Waals surface area contributed by atoms with Crippen molar-refractivity contribution in [1.82, 2.24) is 0 Å². The lowest BCUT2D eigenvalue weighted by Crippen LogP contribution is -2.40. The normalized spacial score (nSPS) is 15.7. The van der Waals surface area contributed by atoms with Gasteiger partial charge in [0.1, 0.15) is 0 Å². The Morgan fingerprint density at radius 2 is 0.500 bits per heavy atom. The highest BCUT2D eigenvalue weighted by Gasteiger charge is 2.46. The van der Waals surface area contributed by atoms with Crippen molar-refractivity contribution in [2.24, 2.45) is 0 Å². The Labute approximate surface area is 341 Å². The van der Waals surface area contributed by atoms with E-state index in [9.17, 15) is 0 Å². The molecular formula is C54H42N4. The van der Waals surface area contributed by atoms with Crippen LogP contribution in [0.3, 0.4) is 0 Å². The first-order valence-corrected chi connectivity index (χ1v) is 19.9. The van der Waals surface area contributed by atoms with Crippen molar-refractivity contribution < 1.29 is 0 Å². The van der Waals surface area contributed by atoms with E-state index in [1.165, 1.54) is 33.6 Å². The van der Waals surface area contributed by atoms with Crippen molar-refractivity contribution in [1.29, 1.82) is 0 Å². The fraction of sp³-hybridized carbons (Fsp3) is 0.0370. The van der Waals surface area contributed by atoms with Crippen LogP contribution in [0.4, 0.5) is 45.5 Å². The maximum atomic E-state index is 2.48. The minimum Gasteiger partial charge on any atom is -0.338 e. The molecule has 0 N–H and O–H groups in total. The number of hydrogen-bond acceptors (Lipinski definition) is 4. The van der Waals surface area contributed by atoms with Gasteiger partial charge in [-0.25, -0.2) is 0 Å². The monoisotopic (exact) mass is 746 g/mol. The van der Waals surface area contributed by atoms with Crippen LogP contribution in [0.1, 0.15) is 11.1 Å². The van der Waals surface area contributed by atoms with Gasteiger partial charge in [0.25, 0.3) is 0 Å². The molecule has 0 aromatic heterocycles. The molecule has 0 radical (unpaired) electrons. The summed E-state index contributed by atoms with van der Waals surface area (Å²) >= 11 is 0. The third kappa shape index (κ3) is 6.61. The highest BCUT2D eigenvalue weighted by atomic mass is 15.3. The number of anilines is 8. The summed E-state index contributed by atoms with van der Waals surface area (Å²) < 4.78 is 0. The number of para-hydroxylation sites is 6. The fourth-order valence-corrected chi connectivity index (χ4v) is 8.53. The lowest BCUT2D eigenvalue weighted by molar-refractivity contribution is 0.755. The fourth-order valence-electron chi connectivity index (χ4n) is 8.53. The first-order valence-electron chi connectivity index (χ1n) is 19.9. The minimum absolute atomic E-state index is 0.0348. The molecular weight excluding hydrogens is 705 g/mol. The Morgan fingerprint density at radius 1 is 0.259 bits per heavy atom. The SMILES string of the molecule is C1=C(c2ccc(N(c3ccccc3)c3ccccc3)cc2)C2C(C(c3ccc(N(c4ccccc4)c4ccccc4)cc3)=CN2c2ccccc2)N1c1ccccc1. The molecule has 4 nitrogen and oxygen atoms in total. The highest BCUT2D eigenvalue weighted by molar-refractivity contribution is 5.94. The first kappa shape index (κ1) is 34.9. The van der Waals surface area contributed by atoms with Crippen LogP contribution in [0.5, 0.6) is 0 Å². The third-order valence-electron chi connectivity index (χ3n) is 11.2. The zero-order valence-corrected chi connectivity index (χ0v) is 32.0. The molecule has 10 rings (SSSR count). The summed E-state index contributed by atoms with van der Waals surface area (Å²) in [5, 5.41) is 0. The molecule has 2 aliphatic rings. The Hall–Kier alpha value is -7.56. The minimum atomic E-state index is 0.0348. The predicted octanol–water partition coefficient (Wildman–Crippen LogP) is 13.8. The molecule has 0 amide bonds. The van der Waals surface area contributed by atoms with Crippen molar-refractivity contribution in [2.45, 2.75) is 12.1 Å². The maximum absolute atomic E-state index is 2.48. The van der Waals surface area contributed by atoms with Crippen LogP contribution >= 0.6 is 0 Å². The van der Waals surface area contributed by atoms with Crippen molar-refractivity contribution in [3.8, 4) is 0 Å².